The summed E-state index contributed by atoms with van der Waals surface area (Å²) < 4.78 is 35.9. The maximum atomic E-state index is 12.0. The van der Waals surface area contributed by atoms with E-state index in [-0.39, 0.29) is 6.42 Å². The number of nitrogens with one attached hydrogen (secondary N) is 2. The summed E-state index contributed by atoms with van der Waals surface area (Å²) in [6, 6.07) is -3.53. The molecule has 9 heteroatoms. The second-order valence-electron chi connectivity index (χ2n) is 3.74. The number of halogens is 3. The second kappa shape index (κ2) is 7.04. The van der Waals surface area contributed by atoms with Crippen LogP contribution in [0.5, 0.6) is 0 Å². The van der Waals surface area contributed by atoms with Crippen molar-refractivity contribution in [1.29, 1.82) is 0 Å². The normalized spacial score (nSPS) is 14.7. The Labute approximate surface area is 101 Å². The minimum atomic E-state index is -4.41. The Morgan fingerprint density at radius 3 is 2.22 bits per heavy atom. The number of rotatable bonds is 6. The first kappa shape index (κ1) is 16.5. The zero-order valence-corrected chi connectivity index (χ0v) is 9.62. The largest absolute Gasteiger partial charge is 0.480 e. The zero-order valence-electron chi connectivity index (χ0n) is 9.62. The highest BCUT2D eigenvalue weighted by atomic mass is 19.4. The molecular weight excluding hydrogens is 257 g/mol. The number of carbonyl (C=O) groups is 2. The van der Waals surface area contributed by atoms with Crippen LogP contribution in [-0.2, 0) is 4.79 Å². The topological polar surface area (TPSA) is 98.7 Å². The van der Waals surface area contributed by atoms with Crippen LogP contribution in [0.25, 0.3) is 0 Å². The molecule has 0 aromatic carbocycles. The lowest BCUT2D eigenvalue weighted by molar-refractivity contribution is -0.140. The number of carboxylic acid groups (broad SMARTS) is 1. The summed E-state index contributed by atoms with van der Waals surface area (Å²) in [5.74, 6) is -1.37. The molecule has 0 bridgehead atoms. The smallest absolute Gasteiger partial charge is 0.391 e. The number of hydrogen-bond acceptors (Lipinski definition) is 3. The third-order valence-corrected chi connectivity index (χ3v) is 1.94. The predicted octanol–water partition coefficient (Wildman–Crippen LogP) is 0.462. The highest BCUT2D eigenvalue weighted by Gasteiger charge is 2.31. The van der Waals surface area contributed by atoms with Crippen LogP contribution in [0.4, 0.5) is 18.0 Å². The molecular formula is C9H15F3N2O4. The maximum Gasteiger partial charge on any atom is 0.391 e. The van der Waals surface area contributed by atoms with Gasteiger partial charge in [0, 0.05) is 19.1 Å². The molecule has 106 valence electrons. The van der Waals surface area contributed by atoms with Crippen LogP contribution in [0, 0.1) is 0 Å². The van der Waals surface area contributed by atoms with Crippen LogP contribution in [0.2, 0.25) is 0 Å². The fourth-order valence-electron chi connectivity index (χ4n) is 1.21. The van der Waals surface area contributed by atoms with Crippen molar-refractivity contribution in [2.75, 3.05) is 6.61 Å². The number of aliphatic hydroxyl groups excluding tert-OH is 1. The quantitative estimate of drug-likeness (QED) is 0.564. The molecule has 0 rings (SSSR count). The number of urea groups is 1. The van der Waals surface area contributed by atoms with Gasteiger partial charge in [0.25, 0.3) is 0 Å². The Morgan fingerprint density at radius 2 is 1.83 bits per heavy atom. The molecule has 0 saturated carbocycles. The van der Waals surface area contributed by atoms with Crippen molar-refractivity contribution in [2.45, 2.75) is 38.0 Å². The van der Waals surface area contributed by atoms with Crippen molar-refractivity contribution >= 4 is 12.0 Å². The lowest BCUT2D eigenvalue weighted by Crippen LogP contribution is -2.49. The Bertz CT molecular complexity index is 296. The molecule has 0 aromatic heterocycles. The van der Waals surface area contributed by atoms with Crippen molar-refractivity contribution in [2.24, 2.45) is 0 Å². The average molecular weight is 272 g/mol. The molecule has 2 atom stereocenters. The van der Waals surface area contributed by atoms with E-state index >= 15 is 0 Å². The summed E-state index contributed by atoms with van der Waals surface area (Å²) >= 11 is 0. The molecule has 0 radical (unpaired) electrons. The molecule has 0 fully saturated rings. The van der Waals surface area contributed by atoms with E-state index in [0.717, 1.165) is 6.92 Å². The molecule has 0 spiro atoms. The van der Waals surface area contributed by atoms with Gasteiger partial charge >= 0.3 is 18.2 Å². The average Bonchev–Trinajstić information content (AvgIpc) is 2.13. The number of hydrogen-bond donors (Lipinski definition) is 4. The highest BCUT2D eigenvalue weighted by molar-refractivity contribution is 5.82. The summed E-state index contributed by atoms with van der Waals surface area (Å²) in [5, 5.41) is 21.1. The minimum absolute atomic E-state index is 0.226. The van der Waals surface area contributed by atoms with Crippen LogP contribution < -0.4 is 10.6 Å². The van der Waals surface area contributed by atoms with Gasteiger partial charge in [-0.15, -0.1) is 0 Å². The van der Waals surface area contributed by atoms with Crippen molar-refractivity contribution in [1.82, 2.24) is 10.6 Å². The lowest BCUT2D eigenvalue weighted by Gasteiger charge is -2.18. The van der Waals surface area contributed by atoms with Crippen LogP contribution in [0.1, 0.15) is 19.8 Å². The van der Waals surface area contributed by atoms with Crippen molar-refractivity contribution in [3.05, 3.63) is 0 Å². The third-order valence-electron chi connectivity index (χ3n) is 1.94. The number of carbonyl (C=O) groups excluding carboxylic acids is 1. The first-order valence-electron chi connectivity index (χ1n) is 5.13. The molecule has 0 aliphatic heterocycles. The van der Waals surface area contributed by atoms with E-state index in [1.54, 1.807) is 0 Å². The predicted molar refractivity (Wildman–Crippen MR) is 54.9 cm³/mol. The van der Waals surface area contributed by atoms with E-state index in [1.807, 2.05) is 10.6 Å². The van der Waals surface area contributed by atoms with Gasteiger partial charge < -0.3 is 20.8 Å². The van der Waals surface area contributed by atoms with Crippen LogP contribution in [-0.4, -0.2) is 47.1 Å². The number of amides is 2. The van der Waals surface area contributed by atoms with E-state index in [9.17, 15) is 22.8 Å². The number of aliphatic carboxylic acids is 1. The Kier molecular flexibility index (Phi) is 6.45. The molecule has 4 N–H and O–H groups in total. The highest BCUT2D eigenvalue weighted by Crippen LogP contribution is 2.21. The molecule has 0 aromatic rings. The van der Waals surface area contributed by atoms with Gasteiger partial charge in [0.05, 0.1) is 6.42 Å². The van der Waals surface area contributed by atoms with Crippen molar-refractivity contribution < 1.29 is 33.0 Å². The monoisotopic (exact) mass is 272 g/mol. The molecule has 0 heterocycles. The molecule has 18 heavy (non-hydrogen) atoms. The molecule has 2 unspecified atom stereocenters. The van der Waals surface area contributed by atoms with Gasteiger partial charge in [-0.1, -0.05) is 0 Å². The summed E-state index contributed by atoms with van der Waals surface area (Å²) in [7, 11) is 0. The minimum Gasteiger partial charge on any atom is -0.480 e. The maximum absolute atomic E-state index is 12.0. The first-order valence-corrected chi connectivity index (χ1v) is 5.13. The number of carboxylic acids is 1. The van der Waals surface area contributed by atoms with E-state index in [1.165, 1.54) is 0 Å². The first-order chi connectivity index (χ1) is 8.15. The molecule has 2 amide bonds. The standard InChI is InChI=1S/C9H15F3N2O4/c1-5(4-9(10,11)12)13-8(18)14-6(2-3-15)7(16)17/h5-6,15H,2-4H2,1H3,(H,16,17)(H2,13,14,18). The summed E-state index contributed by atoms with van der Waals surface area (Å²) in [5.41, 5.74) is 0. The summed E-state index contributed by atoms with van der Waals surface area (Å²) in [6.07, 6.45) is -5.85. The van der Waals surface area contributed by atoms with Gasteiger partial charge in [-0.25, -0.2) is 9.59 Å². The van der Waals surface area contributed by atoms with Crippen LogP contribution in [0.3, 0.4) is 0 Å². The van der Waals surface area contributed by atoms with Gasteiger partial charge in [-0.3, -0.25) is 0 Å². The zero-order chi connectivity index (χ0) is 14.3. The molecule has 6 nitrogen and oxygen atoms in total. The Morgan fingerprint density at radius 1 is 1.28 bits per heavy atom. The van der Waals surface area contributed by atoms with Crippen LogP contribution in [0.15, 0.2) is 0 Å². The molecule has 0 aliphatic rings. The van der Waals surface area contributed by atoms with Crippen LogP contribution >= 0.6 is 0 Å². The van der Waals surface area contributed by atoms with Gasteiger partial charge in [0.2, 0.25) is 0 Å². The van der Waals surface area contributed by atoms with Crippen molar-refractivity contribution in [3.8, 4) is 0 Å². The van der Waals surface area contributed by atoms with Crippen molar-refractivity contribution in [3.63, 3.8) is 0 Å². The summed E-state index contributed by atoms with van der Waals surface area (Å²) in [6.45, 7) is 0.685. The fourth-order valence-corrected chi connectivity index (χ4v) is 1.21. The van der Waals surface area contributed by atoms with E-state index < -0.39 is 43.3 Å². The lowest BCUT2D eigenvalue weighted by atomic mass is 10.2. The SMILES string of the molecule is CC(CC(F)(F)F)NC(=O)NC(CCO)C(=O)O. The number of aliphatic hydroxyl groups is 1. The molecule has 0 saturated heterocycles. The summed E-state index contributed by atoms with van der Waals surface area (Å²) in [4.78, 5) is 21.8. The van der Waals surface area contributed by atoms with Gasteiger partial charge in [0.1, 0.15) is 6.04 Å². The van der Waals surface area contributed by atoms with E-state index in [0.29, 0.717) is 0 Å². The van der Waals surface area contributed by atoms with Gasteiger partial charge in [-0.05, 0) is 6.92 Å². The Hall–Kier alpha value is -1.51. The van der Waals surface area contributed by atoms with Gasteiger partial charge in [-0.2, -0.15) is 13.2 Å². The second-order valence-corrected chi connectivity index (χ2v) is 3.74. The molecule has 0 aliphatic carbocycles. The third kappa shape index (κ3) is 7.71. The fraction of sp³-hybridized carbons (Fsp3) is 0.778. The van der Waals surface area contributed by atoms with E-state index in [4.69, 9.17) is 10.2 Å². The van der Waals surface area contributed by atoms with E-state index in [2.05, 4.69) is 0 Å². The number of alkyl halides is 3. The Balaban J connectivity index is 4.20. The van der Waals surface area contributed by atoms with Gasteiger partial charge in [0.15, 0.2) is 0 Å².